The van der Waals surface area contributed by atoms with E-state index in [9.17, 15) is 14.4 Å². The summed E-state index contributed by atoms with van der Waals surface area (Å²) < 4.78 is 10.6. The molecular weight excluding hydrogens is 390 g/mol. The third-order valence-corrected chi connectivity index (χ3v) is 5.05. The van der Waals surface area contributed by atoms with Crippen LogP contribution in [-0.4, -0.2) is 47.0 Å². The normalized spacial score (nSPS) is 10.3. The summed E-state index contributed by atoms with van der Waals surface area (Å²) in [5, 5.41) is 11.3. The molecule has 0 unspecified atom stereocenters. The number of aryl methyl sites for hydroxylation is 1. The molecule has 0 spiro atoms. The van der Waals surface area contributed by atoms with Crippen LogP contribution in [0.1, 0.15) is 39.6 Å². The molecule has 8 nitrogen and oxygen atoms in total. The van der Waals surface area contributed by atoms with E-state index in [1.165, 1.54) is 41.3 Å². The van der Waals surface area contributed by atoms with Gasteiger partial charge >= 0.3 is 11.9 Å². The second-order valence-corrected chi connectivity index (χ2v) is 7.57. The minimum Gasteiger partial charge on any atom is -0.462 e. The lowest BCUT2D eigenvalue weighted by molar-refractivity contribution is -0.113. The number of nitrogens with zero attached hydrogens (tertiary/aromatic N) is 2. The van der Waals surface area contributed by atoms with Gasteiger partial charge in [0, 0.05) is 5.69 Å². The molecule has 1 heterocycles. The van der Waals surface area contributed by atoms with Gasteiger partial charge in [0.2, 0.25) is 5.91 Å². The Labute approximate surface area is 164 Å². The molecule has 0 aliphatic heterocycles. The molecule has 1 aromatic heterocycles. The van der Waals surface area contributed by atoms with Crippen LogP contribution in [0.3, 0.4) is 0 Å². The van der Waals surface area contributed by atoms with E-state index in [1.54, 1.807) is 13.8 Å². The Morgan fingerprint density at radius 2 is 1.63 bits per heavy atom. The zero-order valence-electron chi connectivity index (χ0n) is 15.1. The number of anilines is 1. The first-order valence-corrected chi connectivity index (χ1v) is 9.95. The molecule has 0 aliphatic rings. The van der Waals surface area contributed by atoms with Crippen molar-refractivity contribution in [3.05, 3.63) is 34.3 Å². The molecule has 0 atom stereocenters. The van der Waals surface area contributed by atoms with Gasteiger partial charge in [0.05, 0.1) is 30.1 Å². The molecule has 144 valence electrons. The van der Waals surface area contributed by atoms with Crippen molar-refractivity contribution in [2.24, 2.45) is 0 Å². The van der Waals surface area contributed by atoms with Crippen molar-refractivity contribution < 1.29 is 23.9 Å². The number of thioether (sulfide) groups is 1. The lowest BCUT2D eigenvalue weighted by atomic mass is 10.1. The molecule has 0 radical (unpaired) electrons. The summed E-state index contributed by atoms with van der Waals surface area (Å²) in [6.45, 7) is 5.59. The van der Waals surface area contributed by atoms with Gasteiger partial charge in [0.25, 0.3) is 0 Å². The summed E-state index contributed by atoms with van der Waals surface area (Å²) in [4.78, 5) is 36.2. The third-order valence-electron chi connectivity index (χ3n) is 3.07. The van der Waals surface area contributed by atoms with Crippen LogP contribution in [-0.2, 0) is 14.3 Å². The fourth-order valence-electron chi connectivity index (χ4n) is 2.03. The van der Waals surface area contributed by atoms with E-state index in [2.05, 4.69) is 15.5 Å². The Balaban J connectivity index is 2.14. The highest BCUT2D eigenvalue weighted by atomic mass is 32.2. The van der Waals surface area contributed by atoms with Crippen molar-refractivity contribution in [3.63, 3.8) is 0 Å². The molecule has 0 bridgehead atoms. The van der Waals surface area contributed by atoms with Crippen molar-refractivity contribution in [1.82, 2.24) is 10.2 Å². The van der Waals surface area contributed by atoms with E-state index in [-0.39, 0.29) is 36.0 Å². The van der Waals surface area contributed by atoms with Gasteiger partial charge in [-0.05, 0) is 39.0 Å². The largest absolute Gasteiger partial charge is 0.462 e. The van der Waals surface area contributed by atoms with Gasteiger partial charge in [-0.25, -0.2) is 9.59 Å². The zero-order valence-corrected chi connectivity index (χ0v) is 16.7. The predicted molar refractivity (Wildman–Crippen MR) is 102 cm³/mol. The van der Waals surface area contributed by atoms with Crippen LogP contribution in [0.4, 0.5) is 5.69 Å². The van der Waals surface area contributed by atoms with E-state index in [1.807, 2.05) is 6.92 Å². The number of benzene rings is 1. The van der Waals surface area contributed by atoms with Crippen LogP contribution in [0.5, 0.6) is 0 Å². The molecule has 0 saturated heterocycles. The van der Waals surface area contributed by atoms with Crippen LogP contribution in [0.2, 0.25) is 0 Å². The van der Waals surface area contributed by atoms with Crippen LogP contribution in [0.25, 0.3) is 0 Å². The average molecular weight is 409 g/mol. The number of carbonyl (C=O) groups is 3. The first kappa shape index (κ1) is 20.8. The molecule has 1 N–H and O–H groups in total. The monoisotopic (exact) mass is 409 g/mol. The number of hydrogen-bond donors (Lipinski definition) is 1. The van der Waals surface area contributed by atoms with Crippen molar-refractivity contribution in [1.29, 1.82) is 0 Å². The number of esters is 2. The third kappa shape index (κ3) is 6.33. The summed E-state index contributed by atoms with van der Waals surface area (Å²) in [5.74, 6) is -1.35. The molecule has 27 heavy (non-hydrogen) atoms. The second kappa shape index (κ2) is 10.0. The highest BCUT2D eigenvalue weighted by molar-refractivity contribution is 8.01. The number of carbonyl (C=O) groups excluding carboxylic acids is 3. The first-order chi connectivity index (χ1) is 12.9. The summed E-state index contributed by atoms with van der Waals surface area (Å²) in [7, 11) is 0. The molecule has 2 rings (SSSR count). The first-order valence-electron chi connectivity index (χ1n) is 8.15. The standard InChI is InChI=1S/C17H19N3O5S2/c1-4-24-15(22)11-6-12(16(23)25-5-2)8-13(7-11)18-14(21)9-26-17-20-19-10(3)27-17/h6-8H,4-5,9H2,1-3H3,(H,18,21). The Morgan fingerprint density at radius 1 is 1.04 bits per heavy atom. The highest BCUT2D eigenvalue weighted by Gasteiger charge is 2.16. The highest BCUT2D eigenvalue weighted by Crippen LogP contribution is 2.22. The van der Waals surface area contributed by atoms with Gasteiger partial charge in [-0.3, -0.25) is 4.79 Å². The minimum absolute atomic E-state index is 0.118. The number of aromatic nitrogens is 2. The average Bonchev–Trinajstić information content (AvgIpc) is 3.05. The van der Waals surface area contributed by atoms with Gasteiger partial charge in [-0.15, -0.1) is 10.2 Å². The van der Waals surface area contributed by atoms with Gasteiger partial charge in [0.1, 0.15) is 5.01 Å². The molecule has 0 saturated carbocycles. The van der Waals surface area contributed by atoms with Crippen LogP contribution < -0.4 is 5.32 Å². The quantitative estimate of drug-likeness (QED) is 0.524. The van der Waals surface area contributed by atoms with Gasteiger partial charge < -0.3 is 14.8 Å². The molecule has 1 aromatic carbocycles. The maximum atomic E-state index is 12.2. The maximum Gasteiger partial charge on any atom is 0.338 e. The van der Waals surface area contributed by atoms with Crippen molar-refractivity contribution in [2.45, 2.75) is 25.1 Å². The van der Waals surface area contributed by atoms with Crippen LogP contribution in [0, 0.1) is 6.92 Å². The summed E-state index contributed by atoms with van der Waals surface area (Å²) in [6.07, 6.45) is 0. The van der Waals surface area contributed by atoms with Crippen molar-refractivity contribution in [3.8, 4) is 0 Å². The van der Waals surface area contributed by atoms with Crippen molar-refractivity contribution in [2.75, 3.05) is 24.3 Å². The van der Waals surface area contributed by atoms with Crippen LogP contribution >= 0.6 is 23.1 Å². The minimum atomic E-state index is -0.585. The molecule has 0 fully saturated rings. The number of amides is 1. The fourth-order valence-corrected chi connectivity index (χ4v) is 3.64. The van der Waals surface area contributed by atoms with Gasteiger partial charge in [-0.2, -0.15) is 0 Å². The predicted octanol–water partition coefficient (Wildman–Crippen LogP) is 2.93. The number of rotatable bonds is 8. The Morgan fingerprint density at radius 3 is 2.11 bits per heavy atom. The van der Waals surface area contributed by atoms with Crippen molar-refractivity contribution >= 4 is 46.6 Å². The Bertz CT molecular complexity index is 801. The number of hydrogen-bond acceptors (Lipinski definition) is 9. The van der Waals surface area contributed by atoms with E-state index in [0.29, 0.717) is 10.0 Å². The van der Waals surface area contributed by atoms with Crippen LogP contribution in [0.15, 0.2) is 22.5 Å². The smallest absolute Gasteiger partial charge is 0.338 e. The van der Waals surface area contributed by atoms with Gasteiger partial charge in [-0.1, -0.05) is 23.1 Å². The second-order valence-electron chi connectivity index (χ2n) is 5.16. The van der Waals surface area contributed by atoms with E-state index in [0.717, 1.165) is 5.01 Å². The summed E-state index contributed by atoms with van der Waals surface area (Å²) >= 11 is 2.65. The lowest BCUT2D eigenvalue weighted by Gasteiger charge is -2.10. The Hall–Kier alpha value is -2.46. The molecule has 1 amide bonds. The molecule has 2 aromatic rings. The maximum absolute atomic E-state index is 12.2. The summed E-state index contributed by atoms with van der Waals surface area (Å²) in [5.41, 5.74) is 0.623. The van der Waals surface area contributed by atoms with Gasteiger partial charge in [0.15, 0.2) is 4.34 Å². The Kier molecular flexibility index (Phi) is 7.74. The molecule has 0 aliphatic carbocycles. The summed E-state index contributed by atoms with van der Waals surface area (Å²) in [6, 6.07) is 4.29. The van der Waals surface area contributed by atoms with E-state index in [4.69, 9.17) is 9.47 Å². The number of nitrogens with one attached hydrogen (secondary N) is 1. The van der Waals surface area contributed by atoms with E-state index >= 15 is 0 Å². The van der Waals surface area contributed by atoms with E-state index < -0.39 is 11.9 Å². The molecular formula is C17H19N3O5S2. The lowest BCUT2D eigenvalue weighted by Crippen LogP contribution is -2.16. The SMILES string of the molecule is CCOC(=O)c1cc(NC(=O)CSc2nnc(C)s2)cc(C(=O)OCC)c1. The zero-order chi connectivity index (χ0) is 19.8. The topological polar surface area (TPSA) is 107 Å². The fraction of sp³-hybridized carbons (Fsp3) is 0.353. The molecule has 10 heteroatoms. The number of ether oxygens (including phenoxy) is 2.